The molecule has 0 unspecified atom stereocenters. The molecule has 3 aromatic rings. The smallest absolute Gasteiger partial charge is 0.243 e. The summed E-state index contributed by atoms with van der Waals surface area (Å²) in [6.45, 7) is 0.231. The second kappa shape index (κ2) is 6.62. The van der Waals surface area contributed by atoms with E-state index in [2.05, 4.69) is 32.6 Å². The normalized spacial score (nSPS) is 10.4. The van der Waals surface area contributed by atoms with Gasteiger partial charge in [-0.05, 0) is 47.2 Å². The Balaban J connectivity index is 1.61. The second-order valence-corrected chi connectivity index (χ2v) is 5.89. The molecule has 22 heavy (non-hydrogen) atoms. The van der Waals surface area contributed by atoms with Crippen LogP contribution in [0.25, 0.3) is 10.8 Å². The van der Waals surface area contributed by atoms with E-state index in [1.54, 1.807) is 0 Å². The Morgan fingerprint density at radius 2 is 1.55 bits per heavy atom. The summed E-state index contributed by atoms with van der Waals surface area (Å²) in [5.74, 6) is -0.0711. The Kier molecular flexibility index (Phi) is 4.39. The van der Waals surface area contributed by atoms with Crippen LogP contribution in [0, 0.1) is 0 Å². The molecule has 3 aromatic carbocycles. The van der Waals surface area contributed by atoms with Crippen molar-refractivity contribution in [3.63, 3.8) is 0 Å². The zero-order valence-electron chi connectivity index (χ0n) is 11.8. The molecule has 0 aliphatic rings. The van der Waals surface area contributed by atoms with Gasteiger partial charge in [0.05, 0.1) is 6.54 Å². The first-order valence-electron chi connectivity index (χ1n) is 6.99. The zero-order chi connectivity index (χ0) is 15.4. The molecule has 0 saturated heterocycles. The Morgan fingerprint density at radius 1 is 0.864 bits per heavy atom. The van der Waals surface area contributed by atoms with Gasteiger partial charge in [0.2, 0.25) is 5.91 Å². The number of halogens is 1. The maximum Gasteiger partial charge on any atom is 0.243 e. The fourth-order valence-electron chi connectivity index (χ4n) is 2.22. The number of nitrogens with one attached hydrogen (secondary N) is 2. The van der Waals surface area contributed by atoms with Gasteiger partial charge in [0, 0.05) is 15.8 Å². The molecule has 0 atom stereocenters. The lowest BCUT2D eigenvalue weighted by molar-refractivity contribution is -0.114. The van der Waals surface area contributed by atoms with E-state index in [1.807, 2.05) is 60.7 Å². The zero-order valence-corrected chi connectivity index (χ0v) is 13.4. The summed E-state index contributed by atoms with van der Waals surface area (Å²) < 4.78 is 1.01. The van der Waals surface area contributed by atoms with Crippen molar-refractivity contribution < 1.29 is 4.79 Å². The summed E-state index contributed by atoms with van der Waals surface area (Å²) in [6.07, 6.45) is 0. The molecule has 1 amide bonds. The number of hydrogen-bond acceptors (Lipinski definition) is 2. The molecule has 3 rings (SSSR count). The van der Waals surface area contributed by atoms with E-state index in [0.29, 0.717) is 0 Å². The quantitative estimate of drug-likeness (QED) is 0.715. The van der Waals surface area contributed by atoms with Crippen molar-refractivity contribution in [2.24, 2.45) is 0 Å². The molecule has 0 aromatic heterocycles. The first-order valence-corrected chi connectivity index (χ1v) is 7.78. The van der Waals surface area contributed by atoms with Gasteiger partial charge in [-0.3, -0.25) is 4.79 Å². The standard InChI is InChI=1S/C18H15BrN2O/c19-15-6-9-16(10-7-15)20-12-18(22)21-17-8-5-13-3-1-2-4-14(13)11-17/h1-11,20H,12H2,(H,21,22). The van der Waals surface area contributed by atoms with Gasteiger partial charge in [-0.2, -0.15) is 0 Å². The molecule has 0 aliphatic carbocycles. The van der Waals surface area contributed by atoms with E-state index in [0.717, 1.165) is 26.6 Å². The van der Waals surface area contributed by atoms with E-state index in [4.69, 9.17) is 0 Å². The van der Waals surface area contributed by atoms with E-state index in [-0.39, 0.29) is 12.5 Å². The van der Waals surface area contributed by atoms with Crippen LogP contribution in [0.15, 0.2) is 71.2 Å². The molecule has 0 saturated carbocycles. The average molecular weight is 355 g/mol. The van der Waals surface area contributed by atoms with E-state index in [9.17, 15) is 4.79 Å². The lowest BCUT2D eigenvalue weighted by atomic mass is 10.1. The van der Waals surface area contributed by atoms with Gasteiger partial charge in [-0.15, -0.1) is 0 Å². The fraction of sp³-hybridized carbons (Fsp3) is 0.0556. The molecular formula is C18H15BrN2O. The highest BCUT2D eigenvalue weighted by Crippen LogP contribution is 2.19. The van der Waals surface area contributed by atoms with Gasteiger partial charge >= 0.3 is 0 Å². The van der Waals surface area contributed by atoms with Crippen LogP contribution in [0.5, 0.6) is 0 Å². The van der Waals surface area contributed by atoms with Crippen LogP contribution in [0.1, 0.15) is 0 Å². The summed E-state index contributed by atoms with van der Waals surface area (Å²) in [5, 5.41) is 8.27. The predicted molar refractivity (Wildman–Crippen MR) is 95.2 cm³/mol. The molecule has 0 spiro atoms. The van der Waals surface area contributed by atoms with Crippen molar-refractivity contribution in [2.75, 3.05) is 17.2 Å². The summed E-state index contributed by atoms with van der Waals surface area (Å²) >= 11 is 3.38. The minimum absolute atomic E-state index is 0.0711. The summed E-state index contributed by atoms with van der Waals surface area (Å²) in [7, 11) is 0. The maximum absolute atomic E-state index is 12.0. The largest absolute Gasteiger partial charge is 0.376 e. The van der Waals surface area contributed by atoms with Crippen molar-refractivity contribution in [2.45, 2.75) is 0 Å². The van der Waals surface area contributed by atoms with Crippen LogP contribution < -0.4 is 10.6 Å². The number of carbonyl (C=O) groups is 1. The minimum Gasteiger partial charge on any atom is -0.376 e. The Morgan fingerprint density at radius 3 is 2.32 bits per heavy atom. The number of amides is 1. The van der Waals surface area contributed by atoms with Crippen molar-refractivity contribution in [1.82, 2.24) is 0 Å². The summed E-state index contributed by atoms with van der Waals surface area (Å²) in [4.78, 5) is 12.0. The van der Waals surface area contributed by atoms with Crippen LogP contribution in [-0.4, -0.2) is 12.5 Å². The molecule has 0 radical (unpaired) electrons. The number of hydrogen-bond donors (Lipinski definition) is 2. The molecule has 0 heterocycles. The predicted octanol–water partition coefficient (Wildman–Crippen LogP) is 4.65. The number of benzene rings is 3. The Bertz CT molecular complexity index is 800. The van der Waals surface area contributed by atoms with Crippen LogP contribution >= 0.6 is 15.9 Å². The number of fused-ring (bicyclic) bond motifs is 1. The van der Waals surface area contributed by atoms with E-state index in [1.165, 1.54) is 0 Å². The number of rotatable bonds is 4. The molecule has 2 N–H and O–H groups in total. The van der Waals surface area contributed by atoms with Crippen LogP contribution in [0.4, 0.5) is 11.4 Å². The van der Waals surface area contributed by atoms with Gasteiger partial charge in [0.15, 0.2) is 0 Å². The Labute approximate surface area is 137 Å². The van der Waals surface area contributed by atoms with Crippen molar-refractivity contribution >= 4 is 44.0 Å². The first kappa shape index (κ1) is 14.6. The fourth-order valence-corrected chi connectivity index (χ4v) is 2.49. The van der Waals surface area contributed by atoms with Crippen molar-refractivity contribution in [1.29, 1.82) is 0 Å². The number of carbonyl (C=O) groups excluding carboxylic acids is 1. The summed E-state index contributed by atoms with van der Waals surface area (Å²) in [6, 6.07) is 21.7. The van der Waals surface area contributed by atoms with Gasteiger partial charge in [-0.25, -0.2) is 0 Å². The molecule has 110 valence electrons. The highest BCUT2D eigenvalue weighted by atomic mass is 79.9. The molecule has 4 heteroatoms. The summed E-state index contributed by atoms with van der Waals surface area (Å²) in [5.41, 5.74) is 1.72. The second-order valence-electron chi connectivity index (χ2n) is 4.97. The highest BCUT2D eigenvalue weighted by molar-refractivity contribution is 9.10. The van der Waals surface area contributed by atoms with Gasteiger partial charge in [0.1, 0.15) is 0 Å². The molecule has 0 bridgehead atoms. The average Bonchev–Trinajstić information content (AvgIpc) is 2.54. The van der Waals surface area contributed by atoms with Crippen LogP contribution in [-0.2, 0) is 4.79 Å². The molecule has 0 aliphatic heterocycles. The number of anilines is 2. The SMILES string of the molecule is O=C(CNc1ccc(Br)cc1)Nc1ccc2ccccc2c1. The monoisotopic (exact) mass is 354 g/mol. The van der Waals surface area contributed by atoms with Crippen molar-refractivity contribution in [3.8, 4) is 0 Å². The maximum atomic E-state index is 12.0. The molecule has 0 fully saturated rings. The lowest BCUT2D eigenvalue weighted by Gasteiger charge is -2.09. The Hall–Kier alpha value is -2.33. The van der Waals surface area contributed by atoms with Crippen LogP contribution in [0.3, 0.4) is 0 Å². The van der Waals surface area contributed by atoms with Gasteiger partial charge < -0.3 is 10.6 Å². The van der Waals surface area contributed by atoms with E-state index < -0.39 is 0 Å². The molecular weight excluding hydrogens is 340 g/mol. The third-order valence-corrected chi connectivity index (χ3v) is 3.86. The third-order valence-electron chi connectivity index (χ3n) is 3.33. The van der Waals surface area contributed by atoms with Crippen molar-refractivity contribution in [3.05, 3.63) is 71.2 Å². The third kappa shape index (κ3) is 3.65. The van der Waals surface area contributed by atoms with Gasteiger partial charge in [0.25, 0.3) is 0 Å². The highest BCUT2D eigenvalue weighted by Gasteiger charge is 2.03. The van der Waals surface area contributed by atoms with Gasteiger partial charge in [-0.1, -0.05) is 46.3 Å². The lowest BCUT2D eigenvalue weighted by Crippen LogP contribution is -2.21. The first-order chi connectivity index (χ1) is 10.7. The minimum atomic E-state index is -0.0711. The topological polar surface area (TPSA) is 41.1 Å². The molecule has 3 nitrogen and oxygen atoms in total. The van der Waals surface area contributed by atoms with E-state index >= 15 is 0 Å². The van der Waals surface area contributed by atoms with Crippen LogP contribution in [0.2, 0.25) is 0 Å².